The number of aromatic nitrogens is 2. The Hall–Kier alpha value is -2.36. The zero-order valence-corrected chi connectivity index (χ0v) is 18.9. The van der Waals surface area contributed by atoms with Crippen molar-refractivity contribution in [3.8, 4) is 0 Å². The van der Waals surface area contributed by atoms with Gasteiger partial charge >= 0.3 is 19.5 Å². The van der Waals surface area contributed by atoms with Crippen LogP contribution in [-0.2, 0) is 44.1 Å². The van der Waals surface area contributed by atoms with Crippen LogP contribution in [0.15, 0.2) is 18.6 Å². The van der Waals surface area contributed by atoms with E-state index in [1.54, 1.807) is 13.8 Å². The van der Waals surface area contributed by atoms with Gasteiger partial charge in [0.2, 0.25) is 5.91 Å². The monoisotopic (exact) mass is 457 g/mol. The molecule has 172 valence electrons. The Morgan fingerprint density at radius 2 is 2.10 bits per heavy atom. The van der Waals surface area contributed by atoms with Crippen molar-refractivity contribution in [2.75, 3.05) is 26.4 Å². The first kappa shape index (κ1) is 24.9. The van der Waals surface area contributed by atoms with Crippen molar-refractivity contribution in [1.29, 1.82) is 0 Å². The quantitative estimate of drug-likeness (QED) is 0.428. The second-order valence-corrected chi connectivity index (χ2v) is 9.92. The zero-order chi connectivity index (χ0) is 23.1. The zero-order valence-electron chi connectivity index (χ0n) is 18.0. The third kappa shape index (κ3) is 7.37. The fourth-order valence-corrected chi connectivity index (χ4v) is 5.06. The lowest BCUT2D eigenvalue weighted by Gasteiger charge is -2.40. The van der Waals surface area contributed by atoms with Crippen LogP contribution in [0.4, 0.5) is 0 Å². The average molecular weight is 457 g/mol. The largest absolute Gasteiger partial charge is 0.469 e. The van der Waals surface area contributed by atoms with E-state index in [1.165, 1.54) is 32.6 Å². The Balaban J connectivity index is 1.94. The van der Waals surface area contributed by atoms with E-state index in [0.717, 1.165) is 0 Å². The number of carbonyl (C=O) groups excluding carboxylic acids is 3. The van der Waals surface area contributed by atoms with Crippen molar-refractivity contribution < 1.29 is 37.5 Å². The number of nitrogens with one attached hydrogen (secondary N) is 1. The summed E-state index contributed by atoms with van der Waals surface area (Å²) in [6.07, 6.45) is 3.13. The summed E-state index contributed by atoms with van der Waals surface area (Å²) in [5.74, 6) is -2.38. The molecule has 0 spiro atoms. The lowest BCUT2D eigenvalue weighted by Crippen LogP contribution is -2.50. The molecule has 2 heterocycles. The van der Waals surface area contributed by atoms with Crippen molar-refractivity contribution >= 4 is 25.4 Å². The fraction of sp³-hybridized carbons (Fsp3) is 0.632. The van der Waals surface area contributed by atoms with Gasteiger partial charge in [-0.25, -0.2) is 0 Å². The van der Waals surface area contributed by atoms with Gasteiger partial charge in [0.15, 0.2) is 6.10 Å². The molecule has 1 N–H and O–H groups in total. The van der Waals surface area contributed by atoms with Crippen molar-refractivity contribution in [2.24, 2.45) is 11.3 Å². The molecule has 1 aromatic heterocycles. The van der Waals surface area contributed by atoms with E-state index in [0.29, 0.717) is 5.69 Å². The van der Waals surface area contributed by atoms with Gasteiger partial charge in [0, 0.05) is 24.4 Å². The molecule has 1 aliphatic rings. The van der Waals surface area contributed by atoms with Crippen LogP contribution >= 0.6 is 7.60 Å². The van der Waals surface area contributed by atoms with Gasteiger partial charge < -0.3 is 19.3 Å². The van der Waals surface area contributed by atoms with E-state index in [2.05, 4.69) is 20.0 Å². The summed E-state index contributed by atoms with van der Waals surface area (Å²) >= 11 is 0. The lowest BCUT2D eigenvalue weighted by atomic mass is 9.87. The Kier molecular flexibility index (Phi) is 8.67. The highest BCUT2D eigenvalue weighted by atomic mass is 31.2. The number of esters is 2. The predicted molar refractivity (Wildman–Crippen MR) is 108 cm³/mol. The minimum absolute atomic E-state index is 0.000733. The smallest absolute Gasteiger partial charge is 0.332 e. The minimum Gasteiger partial charge on any atom is -0.469 e. The second kappa shape index (κ2) is 10.8. The van der Waals surface area contributed by atoms with Gasteiger partial charge in [-0.2, -0.15) is 0 Å². The molecule has 31 heavy (non-hydrogen) atoms. The molecule has 1 saturated heterocycles. The molecule has 3 atom stereocenters. The topological polar surface area (TPSA) is 143 Å². The summed E-state index contributed by atoms with van der Waals surface area (Å²) in [6.45, 7) is 5.00. The number of amides is 1. The highest BCUT2D eigenvalue weighted by molar-refractivity contribution is 7.54. The molecule has 1 aliphatic heterocycles. The molecule has 0 radical (unpaired) electrons. The van der Waals surface area contributed by atoms with Crippen LogP contribution in [0, 0.1) is 11.3 Å². The van der Waals surface area contributed by atoms with Crippen LogP contribution in [0.5, 0.6) is 0 Å². The Labute approximate surface area is 180 Å². The molecule has 0 saturated carbocycles. The first-order valence-corrected chi connectivity index (χ1v) is 11.5. The SMILES string of the molecule is COC(=O)CCNC(=O)[C@@H]1O[P@@](=O)(C[C@H](C)C(=O)OCc2cnccn2)OCC1(C)C. The van der Waals surface area contributed by atoms with Crippen LogP contribution in [0.25, 0.3) is 0 Å². The number of ether oxygens (including phenoxy) is 2. The summed E-state index contributed by atoms with van der Waals surface area (Å²) in [5, 5.41) is 2.58. The van der Waals surface area contributed by atoms with Crippen LogP contribution in [0.2, 0.25) is 0 Å². The maximum absolute atomic E-state index is 13.1. The highest BCUT2D eigenvalue weighted by Gasteiger charge is 2.48. The van der Waals surface area contributed by atoms with Gasteiger partial charge in [-0.05, 0) is 0 Å². The van der Waals surface area contributed by atoms with Gasteiger partial charge in [0.05, 0.1) is 44.1 Å². The van der Waals surface area contributed by atoms with E-state index in [4.69, 9.17) is 13.8 Å². The fourth-order valence-electron chi connectivity index (χ4n) is 2.76. The highest BCUT2D eigenvalue weighted by Crippen LogP contribution is 2.57. The second-order valence-electron chi connectivity index (χ2n) is 7.86. The van der Waals surface area contributed by atoms with E-state index >= 15 is 0 Å². The Bertz CT molecular complexity index is 833. The summed E-state index contributed by atoms with van der Waals surface area (Å²) in [6, 6.07) is 0. The van der Waals surface area contributed by atoms with Crippen molar-refractivity contribution in [1.82, 2.24) is 15.3 Å². The molecule has 0 aromatic carbocycles. The van der Waals surface area contributed by atoms with Gasteiger partial charge in [-0.15, -0.1) is 0 Å². The molecule has 0 unspecified atom stereocenters. The van der Waals surface area contributed by atoms with Gasteiger partial charge in [-0.1, -0.05) is 20.8 Å². The Morgan fingerprint density at radius 1 is 1.35 bits per heavy atom. The summed E-state index contributed by atoms with van der Waals surface area (Å²) in [7, 11) is -2.49. The Morgan fingerprint density at radius 3 is 2.74 bits per heavy atom. The number of nitrogens with zero attached hydrogens (tertiary/aromatic N) is 2. The maximum atomic E-state index is 13.1. The third-order valence-electron chi connectivity index (χ3n) is 4.58. The molecule has 2 rings (SSSR count). The van der Waals surface area contributed by atoms with Crippen molar-refractivity contribution in [2.45, 2.75) is 39.9 Å². The van der Waals surface area contributed by atoms with Gasteiger partial charge in [0.25, 0.3) is 0 Å². The average Bonchev–Trinajstić information content (AvgIpc) is 2.74. The number of carbonyl (C=O) groups is 3. The van der Waals surface area contributed by atoms with Crippen molar-refractivity contribution in [3.63, 3.8) is 0 Å². The number of hydrogen-bond donors (Lipinski definition) is 1. The molecule has 1 aromatic rings. The van der Waals surface area contributed by atoms with E-state index in [1.807, 2.05) is 0 Å². The summed E-state index contributed by atoms with van der Waals surface area (Å²) < 4.78 is 33.9. The number of rotatable bonds is 9. The summed E-state index contributed by atoms with van der Waals surface area (Å²) in [5.41, 5.74) is -0.288. The molecular formula is C19H28N3O8P. The maximum Gasteiger partial charge on any atom is 0.332 e. The molecule has 1 amide bonds. The lowest BCUT2D eigenvalue weighted by molar-refractivity contribution is -0.149. The standard InChI is InChI=1S/C19H28N3O8P/c1-13(18(25)28-10-14-9-20-7-8-21-14)11-31(26)29-12-19(2,3)16(30-31)17(24)22-6-5-15(23)27-4/h7-9,13,16H,5-6,10-12H2,1-4H3,(H,22,24)/t13-,16-,31+/m0/s1. The van der Waals surface area contributed by atoms with Crippen LogP contribution in [0.3, 0.4) is 0 Å². The third-order valence-corrected chi connectivity index (χ3v) is 6.63. The molecular weight excluding hydrogens is 429 g/mol. The van der Waals surface area contributed by atoms with E-state index in [9.17, 15) is 18.9 Å². The predicted octanol–water partition coefficient (Wildman–Crippen LogP) is 1.47. The first-order valence-electron chi connectivity index (χ1n) is 9.74. The van der Waals surface area contributed by atoms with Crippen molar-refractivity contribution in [3.05, 3.63) is 24.3 Å². The number of methoxy groups -OCH3 is 1. The molecule has 12 heteroatoms. The molecule has 11 nitrogen and oxygen atoms in total. The van der Waals surface area contributed by atoms with Crippen LogP contribution in [-0.4, -0.2) is 60.3 Å². The normalized spacial score (nSPS) is 23.4. The van der Waals surface area contributed by atoms with Gasteiger partial charge in [0.1, 0.15) is 6.61 Å². The molecule has 0 bridgehead atoms. The number of hydrogen-bond acceptors (Lipinski definition) is 10. The van der Waals surface area contributed by atoms with E-state index < -0.39 is 42.9 Å². The first-order chi connectivity index (χ1) is 14.6. The minimum atomic E-state index is -3.75. The van der Waals surface area contributed by atoms with E-state index in [-0.39, 0.29) is 32.3 Å². The van der Waals surface area contributed by atoms with Gasteiger partial charge in [-0.3, -0.25) is 33.4 Å². The molecule has 0 aliphatic carbocycles. The summed E-state index contributed by atoms with van der Waals surface area (Å²) in [4.78, 5) is 44.0. The van der Waals surface area contributed by atoms with Crippen LogP contribution in [0.1, 0.15) is 32.9 Å². The van der Waals surface area contributed by atoms with Crippen LogP contribution < -0.4 is 5.32 Å². The molecule has 1 fully saturated rings.